The molecular formula is F8Sn2Zr+4. The van der Waals surface area contributed by atoms with Crippen molar-refractivity contribution < 1.29 is 63.8 Å². The Morgan fingerprint density at radius 3 is 0.273 bits per heavy atom. The van der Waals surface area contributed by atoms with Gasteiger partial charge in [-0.2, -0.15) is 0 Å². The van der Waals surface area contributed by atoms with Crippen LogP contribution in [-0.2, 0) is 26.2 Å². The third-order valence-electron chi connectivity index (χ3n) is 0. The Morgan fingerprint density at radius 2 is 0.273 bits per heavy atom. The Labute approximate surface area is 111 Å². The van der Waals surface area contributed by atoms with E-state index >= 15 is 0 Å². The first-order valence-electron chi connectivity index (χ1n) is 0. The minimum atomic E-state index is 0. The standard InChI is InChI=1S/8FH.2Sn.Zr/h8*1H;;;/q;;;;;;;;3*+4/p-8. The topological polar surface area (TPSA) is 0 Å². The molecule has 0 bridgehead atoms. The van der Waals surface area contributed by atoms with Gasteiger partial charge in [0.2, 0.25) is 0 Å². The van der Waals surface area contributed by atoms with E-state index in [1.807, 2.05) is 0 Å². The molecule has 0 unspecified atom stereocenters. The van der Waals surface area contributed by atoms with Gasteiger partial charge >= 0.3 is 74.0 Å². The Hall–Kier alpha value is 1.92. The third-order valence-corrected chi connectivity index (χ3v) is 0. The van der Waals surface area contributed by atoms with E-state index in [4.69, 9.17) is 0 Å². The second-order valence-electron chi connectivity index (χ2n) is 0. The zero-order valence-corrected chi connectivity index (χ0v) is 12.7. The predicted octanol–water partition coefficient (Wildman–Crippen LogP) is -24.7. The normalized spacial score (nSPS) is 0. The molecule has 0 amide bonds. The molecule has 0 aromatic carbocycles. The largest absolute Gasteiger partial charge is 4.00 e. The van der Waals surface area contributed by atoms with Crippen molar-refractivity contribution in [3.05, 3.63) is 0 Å². The first kappa shape index (κ1) is 498. The van der Waals surface area contributed by atoms with E-state index in [9.17, 15) is 0 Å². The van der Waals surface area contributed by atoms with Gasteiger partial charge in [-0.15, -0.1) is 0 Å². The molecule has 64 valence electrons. The van der Waals surface area contributed by atoms with Gasteiger partial charge in [-0.1, -0.05) is 0 Å². The van der Waals surface area contributed by atoms with E-state index in [-0.39, 0.29) is 112 Å². The van der Waals surface area contributed by atoms with Crippen LogP contribution in [0, 0.1) is 0 Å². The predicted molar refractivity (Wildman–Crippen MR) is 11.5 cm³/mol. The molecule has 0 radical (unpaired) electrons. The summed E-state index contributed by atoms with van der Waals surface area (Å²) in [5, 5.41) is 0. The maximum absolute atomic E-state index is 0. The van der Waals surface area contributed by atoms with Gasteiger partial charge in [0.25, 0.3) is 0 Å². The van der Waals surface area contributed by atoms with Gasteiger partial charge in [-0.25, -0.2) is 0 Å². The molecule has 0 aliphatic heterocycles. The van der Waals surface area contributed by atoms with E-state index in [1.54, 1.807) is 0 Å². The van der Waals surface area contributed by atoms with E-state index in [1.165, 1.54) is 0 Å². The maximum atomic E-state index is 0. The zero-order valence-electron chi connectivity index (χ0n) is 4.52. The summed E-state index contributed by atoms with van der Waals surface area (Å²) in [6, 6.07) is 0. The second-order valence-corrected chi connectivity index (χ2v) is 0. The first-order valence-corrected chi connectivity index (χ1v) is 0. The van der Waals surface area contributed by atoms with Gasteiger partial charge in [-0.3, -0.25) is 0 Å². The minimum Gasteiger partial charge on any atom is -1.00 e. The van der Waals surface area contributed by atoms with Crippen LogP contribution in [0.1, 0.15) is 0 Å². The number of hydrogen-bond acceptors (Lipinski definition) is 0. The summed E-state index contributed by atoms with van der Waals surface area (Å²) in [5.41, 5.74) is 0. The zero-order chi connectivity index (χ0) is 0. The van der Waals surface area contributed by atoms with E-state index in [0.29, 0.717) is 0 Å². The van der Waals surface area contributed by atoms with Gasteiger partial charge in [0.15, 0.2) is 0 Å². The first-order chi connectivity index (χ1) is 0. The molecule has 0 fully saturated rings. The molecule has 0 saturated heterocycles. The van der Waals surface area contributed by atoms with E-state index in [2.05, 4.69) is 0 Å². The summed E-state index contributed by atoms with van der Waals surface area (Å²) in [5.74, 6) is 0. The Morgan fingerprint density at radius 1 is 0.273 bits per heavy atom. The molecule has 11 heteroatoms. The van der Waals surface area contributed by atoms with Crippen LogP contribution < -0.4 is 37.6 Å². The molecule has 0 spiro atoms. The van der Waals surface area contributed by atoms with Crippen molar-refractivity contribution in [2.75, 3.05) is 0 Å². The average molecular weight is 481 g/mol. The molecule has 0 aromatic rings. The summed E-state index contributed by atoms with van der Waals surface area (Å²) in [6.07, 6.45) is 0. The van der Waals surface area contributed by atoms with Crippen LogP contribution >= 0.6 is 0 Å². The molecule has 0 rings (SSSR count). The quantitative estimate of drug-likeness (QED) is 0.239. The van der Waals surface area contributed by atoms with Crippen molar-refractivity contribution in [3.8, 4) is 0 Å². The van der Waals surface area contributed by atoms with Crippen LogP contribution in [0.4, 0.5) is 0 Å². The van der Waals surface area contributed by atoms with Crippen LogP contribution in [-0.4, -0.2) is 47.8 Å². The van der Waals surface area contributed by atoms with Crippen LogP contribution in [0.3, 0.4) is 0 Å². The molecule has 0 atom stereocenters. The van der Waals surface area contributed by atoms with Crippen molar-refractivity contribution in [3.63, 3.8) is 0 Å². The molecule has 0 aromatic heterocycles. The van der Waals surface area contributed by atoms with Gasteiger partial charge in [0.1, 0.15) is 0 Å². The van der Waals surface area contributed by atoms with Crippen molar-refractivity contribution >= 4 is 47.8 Å². The molecule has 0 aliphatic carbocycles. The summed E-state index contributed by atoms with van der Waals surface area (Å²) in [7, 11) is 0. The fourth-order valence-corrected chi connectivity index (χ4v) is 0. The summed E-state index contributed by atoms with van der Waals surface area (Å²) < 4.78 is 0. The van der Waals surface area contributed by atoms with Gasteiger partial charge in [0.05, 0.1) is 0 Å². The molecule has 11 heavy (non-hydrogen) atoms. The monoisotopic (exact) mass is 482 g/mol. The van der Waals surface area contributed by atoms with Crippen LogP contribution in [0.15, 0.2) is 0 Å². The van der Waals surface area contributed by atoms with Crippen LogP contribution in [0.5, 0.6) is 0 Å². The molecule has 0 heterocycles. The molecular weight excluding hydrogens is 481 g/mol. The molecule has 0 aliphatic rings. The van der Waals surface area contributed by atoms with E-state index < -0.39 is 0 Å². The number of rotatable bonds is 0. The molecule has 0 N–H and O–H groups in total. The van der Waals surface area contributed by atoms with Crippen molar-refractivity contribution in [1.82, 2.24) is 0 Å². The summed E-state index contributed by atoms with van der Waals surface area (Å²) in [4.78, 5) is 0. The van der Waals surface area contributed by atoms with E-state index in [0.717, 1.165) is 0 Å². The van der Waals surface area contributed by atoms with Crippen LogP contribution in [0.25, 0.3) is 0 Å². The SMILES string of the molecule is [F-].[F-].[F-].[F-].[F-].[F-].[F-].[F-].[Sn+4].[Sn+4].[Zr+4]. The summed E-state index contributed by atoms with van der Waals surface area (Å²) in [6.45, 7) is 0. The molecule has 0 nitrogen and oxygen atoms in total. The Bertz CT molecular complexity index is 12.1. The Balaban J connectivity index is 0. The van der Waals surface area contributed by atoms with Crippen LogP contribution in [0.2, 0.25) is 0 Å². The molecule has 0 saturated carbocycles. The Kier molecular flexibility index (Phi) is 17400. The minimum absolute atomic E-state index is 0. The summed E-state index contributed by atoms with van der Waals surface area (Å²) >= 11 is 0. The van der Waals surface area contributed by atoms with Gasteiger partial charge in [0, 0.05) is 0 Å². The van der Waals surface area contributed by atoms with Crippen molar-refractivity contribution in [1.29, 1.82) is 0 Å². The smallest absolute Gasteiger partial charge is 1.00 e. The second kappa shape index (κ2) is 385. The third kappa shape index (κ3) is 318. The van der Waals surface area contributed by atoms with Crippen molar-refractivity contribution in [2.24, 2.45) is 0 Å². The number of hydrogen-bond donors (Lipinski definition) is 0. The maximum Gasteiger partial charge on any atom is 4.00 e. The number of halogens is 8. The van der Waals surface area contributed by atoms with Gasteiger partial charge < -0.3 is 37.6 Å². The fraction of sp³-hybridized carbons (Fsp3) is 0. The van der Waals surface area contributed by atoms with Gasteiger partial charge in [-0.05, 0) is 0 Å². The van der Waals surface area contributed by atoms with Crippen molar-refractivity contribution in [2.45, 2.75) is 0 Å². The average Bonchev–Trinajstić information content (AvgIpc) is 0. The fourth-order valence-electron chi connectivity index (χ4n) is 0.